The molecule has 2 heteroatoms. The molecule has 1 aromatic carbocycles. The van der Waals surface area contributed by atoms with E-state index in [4.69, 9.17) is 9.47 Å². The van der Waals surface area contributed by atoms with E-state index in [1.807, 2.05) is 0 Å². The predicted molar refractivity (Wildman–Crippen MR) is 84.6 cm³/mol. The zero-order valence-corrected chi connectivity index (χ0v) is 13.6. The molecule has 0 N–H and O–H groups in total. The summed E-state index contributed by atoms with van der Waals surface area (Å²) in [7, 11) is 0. The summed E-state index contributed by atoms with van der Waals surface area (Å²) in [5, 5.41) is 0. The number of aryl methyl sites for hydroxylation is 2. The fraction of sp³-hybridized carbons (Fsp3) is 0.474. The van der Waals surface area contributed by atoms with Crippen molar-refractivity contribution in [3.63, 3.8) is 0 Å². The molecule has 2 unspecified atom stereocenters. The molecule has 0 radical (unpaired) electrons. The van der Waals surface area contributed by atoms with Gasteiger partial charge in [-0.05, 0) is 70.9 Å². The van der Waals surface area contributed by atoms with Gasteiger partial charge in [-0.15, -0.1) is 0 Å². The second-order valence-corrected chi connectivity index (χ2v) is 7.47. The van der Waals surface area contributed by atoms with Gasteiger partial charge < -0.3 is 9.47 Å². The highest BCUT2D eigenvalue weighted by molar-refractivity contribution is 5.89. The summed E-state index contributed by atoms with van der Waals surface area (Å²) in [4.78, 5) is 0. The Bertz CT molecular complexity index is 738. The minimum Gasteiger partial charge on any atom is -0.482 e. The quantitative estimate of drug-likeness (QED) is 0.659. The van der Waals surface area contributed by atoms with Crippen LogP contribution in [0.15, 0.2) is 29.9 Å². The van der Waals surface area contributed by atoms with Crippen molar-refractivity contribution in [3.05, 3.63) is 46.5 Å². The van der Waals surface area contributed by atoms with E-state index in [-0.39, 0.29) is 16.8 Å². The number of ether oxygens (including phenoxy) is 2. The van der Waals surface area contributed by atoms with Gasteiger partial charge >= 0.3 is 0 Å². The molecule has 0 saturated carbocycles. The lowest BCUT2D eigenvalue weighted by molar-refractivity contribution is -0.00820. The molecule has 0 aliphatic carbocycles. The van der Waals surface area contributed by atoms with Crippen molar-refractivity contribution in [2.45, 2.75) is 58.3 Å². The summed E-state index contributed by atoms with van der Waals surface area (Å²) < 4.78 is 12.8. The van der Waals surface area contributed by atoms with Crippen molar-refractivity contribution in [1.29, 1.82) is 0 Å². The molecule has 0 fully saturated rings. The average molecular weight is 282 g/mol. The van der Waals surface area contributed by atoms with Crippen molar-refractivity contribution < 1.29 is 9.47 Å². The molecular weight excluding hydrogens is 260 g/mol. The normalized spacial score (nSPS) is 34.8. The van der Waals surface area contributed by atoms with Crippen LogP contribution in [0.5, 0.6) is 5.75 Å². The third-order valence-electron chi connectivity index (χ3n) is 5.03. The van der Waals surface area contributed by atoms with Gasteiger partial charge in [0.05, 0.1) is 0 Å². The minimum absolute atomic E-state index is 0.333. The smallest absolute Gasteiger partial charge is 0.131 e. The van der Waals surface area contributed by atoms with E-state index in [0.29, 0.717) is 0 Å². The summed E-state index contributed by atoms with van der Waals surface area (Å²) in [6, 6.07) is 4.42. The monoisotopic (exact) mass is 282 g/mol. The third-order valence-corrected chi connectivity index (χ3v) is 5.03. The molecule has 3 heterocycles. The van der Waals surface area contributed by atoms with Crippen LogP contribution in [-0.4, -0.2) is 16.8 Å². The van der Waals surface area contributed by atoms with Gasteiger partial charge in [-0.3, -0.25) is 0 Å². The Morgan fingerprint density at radius 1 is 0.905 bits per heavy atom. The summed E-state index contributed by atoms with van der Waals surface area (Å²) in [6.07, 6.45) is 4.39. The number of benzene rings is 1. The number of hydrogen-bond acceptors (Lipinski definition) is 2. The molecule has 3 aliphatic heterocycles. The number of fused-ring (bicyclic) bond motifs is 6. The zero-order chi connectivity index (χ0) is 15.2. The van der Waals surface area contributed by atoms with Gasteiger partial charge in [0.15, 0.2) is 0 Å². The SMILES string of the molecule is Cc1cc(C)c2c(c1)C1=C(C(C)(C)O2)C2(C)C=CC1(C)O2. The first-order chi connectivity index (χ1) is 9.66. The highest BCUT2D eigenvalue weighted by Gasteiger charge is 2.59. The largest absolute Gasteiger partial charge is 0.482 e. The fourth-order valence-corrected chi connectivity index (χ4v) is 4.47. The Morgan fingerprint density at radius 2 is 1.57 bits per heavy atom. The molecule has 2 bridgehead atoms. The molecule has 0 amide bonds. The molecule has 4 rings (SSSR count). The van der Waals surface area contributed by atoms with Crippen molar-refractivity contribution in [3.8, 4) is 5.75 Å². The van der Waals surface area contributed by atoms with Gasteiger partial charge in [-0.1, -0.05) is 6.07 Å². The lowest BCUT2D eigenvalue weighted by atomic mass is 9.72. The zero-order valence-electron chi connectivity index (χ0n) is 13.6. The Hall–Kier alpha value is -1.54. The van der Waals surface area contributed by atoms with Crippen molar-refractivity contribution in [2.75, 3.05) is 0 Å². The van der Waals surface area contributed by atoms with Crippen LogP contribution in [0.1, 0.15) is 44.4 Å². The first kappa shape index (κ1) is 13.1. The van der Waals surface area contributed by atoms with Crippen LogP contribution in [0.3, 0.4) is 0 Å². The lowest BCUT2D eigenvalue weighted by Gasteiger charge is -2.41. The Balaban J connectivity index is 2.10. The summed E-state index contributed by atoms with van der Waals surface area (Å²) in [5.74, 6) is 1.01. The van der Waals surface area contributed by atoms with Gasteiger partial charge in [0.1, 0.15) is 22.6 Å². The number of rotatable bonds is 0. The van der Waals surface area contributed by atoms with E-state index >= 15 is 0 Å². The Morgan fingerprint density at radius 3 is 2.29 bits per heavy atom. The molecule has 2 nitrogen and oxygen atoms in total. The molecule has 1 aromatic rings. The maximum absolute atomic E-state index is 6.41. The van der Waals surface area contributed by atoms with Crippen LogP contribution in [0, 0.1) is 13.8 Å². The maximum Gasteiger partial charge on any atom is 0.131 e. The van der Waals surface area contributed by atoms with Crippen LogP contribution < -0.4 is 4.74 Å². The molecular formula is C19H22O2. The van der Waals surface area contributed by atoms with Crippen LogP contribution >= 0.6 is 0 Å². The molecule has 0 saturated heterocycles. The van der Waals surface area contributed by atoms with E-state index in [1.54, 1.807) is 0 Å². The van der Waals surface area contributed by atoms with E-state index in [0.717, 1.165) is 5.75 Å². The standard InChI is InChI=1S/C19H22O2/c1-11-9-12(2)15-13(10-11)14-16(17(3,4)20-15)19(6)8-7-18(14,5)21-19/h7-10H,1-6H3. The molecule has 0 aromatic heterocycles. The summed E-state index contributed by atoms with van der Waals surface area (Å²) >= 11 is 0. The van der Waals surface area contributed by atoms with Gasteiger partial charge in [0, 0.05) is 16.7 Å². The van der Waals surface area contributed by atoms with Gasteiger partial charge in [-0.2, -0.15) is 0 Å². The minimum atomic E-state index is -0.348. The third kappa shape index (κ3) is 1.46. The Kier molecular flexibility index (Phi) is 2.15. The first-order valence-corrected chi connectivity index (χ1v) is 7.63. The molecule has 21 heavy (non-hydrogen) atoms. The van der Waals surface area contributed by atoms with E-state index in [9.17, 15) is 0 Å². The van der Waals surface area contributed by atoms with E-state index < -0.39 is 0 Å². The van der Waals surface area contributed by atoms with Crippen LogP contribution in [-0.2, 0) is 4.74 Å². The number of hydrogen-bond donors (Lipinski definition) is 0. The summed E-state index contributed by atoms with van der Waals surface area (Å²) in [5.41, 5.74) is 5.23. The van der Waals surface area contributed by atoms with Crippen LogP contribution in [0.2, 0.25) is 0 Å². The topological polar surface area (TPSA) is 18.5 Å². The lowest BCUT2D eigenvalue weighted by Crippen LogP contribution is -2.42. The maximum atomic E-state index is 6.41. The predicted octanol–water partition coefficient (Wildman–Crippen LogP) is 4.35. The fourth-order valence-electron chi connectivity index (χ4n) is 4.47. The van der Waals surface area contributed by atoms with Gasteiger partial charge in [0.2, 0.25) is 0 Å². The molecule has 110 valence electrons. The van der Waals surface area contributed by atoms with Gasteiger partial charge in [-0.25, -0.2) is 0 Å². The highest BCUT2D eigenvalue weighted by Crippen LogP contribution is 2.60. The molecule has 2 atom stereocenters. The van der Waals surface area contributed by atoms with Crippen molar-refractivity contribution in [2.24, 2.45) is 0 Å². The summed E-state index contributed by atoms with van der Waals surface area (Å²) in [6.45, 7) is 12.9. The van der Waals surface area contributed by atoms with E-state index in [1.165, 1.54) is 27.8 Å². The van der Waals surface area contributed by atoms with Crippen molar-refractivity contribution in [1.82, 2.24) is 0 Å². The first-order valence-electron chi connectivity index (χ1n) is 7.63. The second-order valence-electron chi connectivity index (χ2n) is 7.47. The van der Waals surface area contributed by atoms with Crippen molar-refractivity contribution >= 4 is 5.57 Å². The van der Waals surface area contributed by atoms with Crippen LogP contribution in [0.4, 0.5) is 0 Å². The van der Waals surface area contributed by atoms with Gasteiger partial charge in [0.25, 0.3) is 0 Å². The molecule has 0 spiro atoms. The Labute approximate surface area is 126 Å². The average Bonchev–Trinajstić information content (AvgIpc) is 2.78. The van der Waals surface area contributed by atoms with Crippen LogP contribution in [0.25, 0.3) is 5.57 Å². The highest BCUT2D eigenvalue weighted by atomic mass is 16.5. The second kappa shape index (κ2) is 3.44. The van der Waals surface area contributed by atoms with E-state index in [2.05, 4.69) is 65.8 Å². The molecule has 3 aliphatic rings.